The summed E-state index contributed by atoms with van der Waals surface area (Å²) in [7, 11) is 0. The summed E-state index contributed by atoms with van der Waals surface area (Å²) in [5.41, 5.74) is 2.61. The standard InChI is InChI=1S/C12H13N/c1-12(2)7-11(12)10-5-3-9(8-13)4-6-10/h3-6,11H,7H2,1-2H3. The van der Waals surface area contributed by atoms with E-state index in [2.05, 4.69) is 32.0 Å². The summed E-state index contributed by atoms with van der Waals surface area (Å²) in [5, 5.41) is 8.64. The van der Waals surface area contributed by atoms with Crippen molar-refractivity contribution in [1.82, 2.24) is 0 Å². The Morgan fingerprint density at radius 3 is 2.23 bits per heavy atom. The van der Waals surface area contributed by atoms with Crippen LogP contribution in [0.1, 0.15) is 37.3 Å². The first-order valence-electron chi connectivity index (χ1n) is 4.63. The smallest absolute Gasteiger partial charge is 0.0991 e. The van der Waals surface area contributed by atoms with E-state index >= 15 is 0 Å². The molecule has 1 atom stereocenters. The SMILES string of the molecule is CC1(C)CC1c1ccc(C#N)cc1. The number of nitrogens with zero attached hydrogens (tertiary/aromatic N) is 1. The van der Waals surface area contributed by atoms with Crippen LogP contribution >= 0.6 is 0 Å². The second-order valence-electron chi connectivity index (χ2n) is 4.48. The van der Waals surface area contributed by atoms with Gasteiger partial charge in [0.05, 0.1) is 11.6 Å². The van der Waals surface area contributed by atoms with Crippen LogP contribution in [0.15, 0.2) is 24.3 Å². The second kappa shape index (κ2) is 2.60. The van der Waals surface area contributed by atoms with Crippen LogP contribution in [0.2, 0.25) is 0 Å². The van der Waals surface area contributed by atoms with Crippen molar-refractivity contribution in [3.8, 4) is 6.07 Å². The molecule has 66 valence electrons. The van der Waals surface area contributed by atoms with Crippen molar-refractivity contribution in [1.29, 1.82) is 5.26 Å². The van der Waals surface area contributed by atoms with E-state index < -0.39 is 0 Å². The predicted octanol–water partition coefficient (Wildman–Crippen LogP) is 3.07. The Bertz CT molecular complexity index is 354. The van der Waals surface area contributed by atoms with Crippen molar-refractivity contribution in [2.75, 3.05) is 0 Å². The molecule has 0 saturated heterocycles. The van der Waals surface area contributed by atoms with Gasteiger partial charge < -0.3 is 0 Å². The molecule has 0 N–H and O–H groups in total. The average Bonchev–Trinajstić information content (AvgIpc) is 2.76. The largest absolute Gasteiger partial charge is 0.192 e. The van der Waals surface area contributed by atoms with Gasteiger partial charge in [-0.3, -0.25) is 0 Å². The molecular weight excluding hydrogens is 158 g/mol. The van der Waals surface area contributed by atoms with E-state index in [4.69, 9.17) is 5.26 Å². The minimum absolute atomic E-state index is 0.480. The molecule has 1 aliphatic rings. The van der Waals surface area contributed by atoms with Gasteiger partial charge in [-0.1, -0.05) is 26.0 Å². The van der Waals surface area contributed by atoms with Crippen LogP contribution < -0.4 is 0 Å². The highest BCUT2D eigenvalue weighted by molar-refractivity contribution is 5.36. The molecule has 0 spiro atoms. The van der Waals surface area contributed by atoms with Gasteiger partial charge in [0.15, 0.2) is 0 Å². The molecule has 13 heavy (non-hydrogen) atoms. The number of hydrogen-bond donors (Lipinski definition) is 0. The lowest BCUT2D eigenvalue weighted by molar-refractivity contribution is 0.622. The topological polar surface area (TPSA) is 23.8 Å². The Balaban J connectivity index is 2.22. The molecule has 0 bridgehead atoms. The van der Waals surface area contributed by atoms with Gasteiger partial charge in [-0.15, -0.1) is 0 Å². The molecule has 1 nitrogen and oxygen atoms in total. The monoisotopic (exact) mass is 171 g/mol. The highest BCUT2D eigenvalue weighted by atomic mass is 14.5. The van der Waals surface area contributed by atoms with Crippen LogP contribution in [0.5, 0.6) is 0 Å². The number of rotatable bonds is 1. The second-order valence-corrected chi connectivity index (χ2v) is 4.48. The third-order valence-corrected chi connectivity index (χ3v) is 2.96. The van der Waals surface area contributed by atoms with Gasteiger partial charge in [0.25, 0.3) is 0 Å². The van der Waals surface area contributed by atoms with Crippen LogP contribution in [-0.4, -0.2) is 0 Å². The minimum atomic E-state index is 0.480. The molecule has 0 amide bonds. The number of hydrogen-bond acceptors (Lipinski definition) is 1. The Morgan fingerprint density at radius 1 is 1.31 bits per heavy atom. The van der Waals surface area contributed by atoms with Crippen LogP contribution in [0.4, 0.5) is 0 Å². The lowest BCUT2D eigenvalue weighted by Gasteiger charge is -2.02. The third-order valence-electron chi connectivity index (χ3n) is 2.96. The maximum Gasteiger partial charge on any atom is 0.0991 e. The molecule has 1 aromatic carbocycles. The summed E-state index contributed by atoms with van der Waals surface area (Å²) in [6, 6.07) is 10.1. The van der Waals surface area contributed by atoms with Crippen LogP contribution in [0.25, 0.3) is 0 Å². The van der Waals surface area contributed by atoms with Crippen molar-refractivity contribution in [3.63, 3.8) is 0 Å². The highest BCUT2D eigenvalue weighted by Gasteiger charge is 2.46. The maximum atomic E-state index is 8.64. The molecule has 0 aromatic heterocycles. The van der Waals surface area contributed by atoms with Gasteiger partial charge in [-0.2, -0.15) is 5.26 Å². The van der Waals surface area contributed by atoms with E-state index in [0.29, 0.717) is 11.3 Å². The fourth-order valence-electron chi connectivity index (χ4n) is 1.83. The molecule has 1 heteroatoms. The summed E-state index contributed by atoms with van der Waals surface area (Å²) >= 11 is 0. The van der Waals surface area contributed by atoms with E-state index in [1.54, 1.807) is 0 Å². The van der Waals surface area contributed by atoms with E-state index in [0.717, 1.165) is 5.56 Å². The van der Waals surface area contributed by atoms with Crippen molar-refractivity contribution >= 4 is 0 Å². The summed E-state index contributed by atoms with van der Waals surface area (Å²) in [6.07, 6.45) is 1.28. The van der Waals surface area contributed by atoms with Gasteiger partial charge in [0.1, 0.15) is 0 Å². The van der Waals surface area contributed by atoms with Crippen molar-refractivity contribution in [3.05, 3.63) is 35.4 Å². The molecule has 1 fully saturated rings. The Labute approximate surface area is 79.0 Å². The molecule has 1 unspecified atom stereocenters. The summed E-state index contributed by atoms with van der Waals surface area (Å²) in [6.45, 7) is 4.58. The minimum Gasteiger partial charge on any atom is -0.192 e. The molecule has 1 saturated carbocycles. The normalized spacial score (nSPS) is 23.6. The van der Waals surface area contributed by atoms with Crippen molar-refractivity contribution < 1.29 is 0 Å². The lowest BCUT2D eigenvalue weighted by atomic mass is 10.0. The quantitative estimate of drug-likeness (QED) is 0.637. The van der Waals surface area contributed by atoms with Gasteiger partial charge in [0.2, 0.25) is 0 Å². The molecule has 0 radical (unpaired) electrons. The van der Waals surface area contributed by atoms with E-state index in [1.165, 1.54) is 12.0 Å². The molecule has 1 aliphatic carbocycles. The summed E-state index contributed by atoms with van der Waals surface area (Å²) < 4.78 is 0. The van der Waals surface area contributed by atoms with Crippen LogP contribution in [0, 0.1) is 16.7 Å². The van der Waals surface area contributed by atoms with Gasteiger partial charge in [-0.05, 0) is 35.4 Å². The first-order chi connectivity index (χ1) is 6.13. The van der Waals surface area contributed by atoms with Crippen LogP contribution in [-0.2, 0) is 0 Å². The summed E-state index contributed by atoms with van der Waals surface area (Å²) in [4.78, 5) is 0. The Kier molecular flexibility index (Phi) is 1.66. The molecular formula is C12H13N. The molecule has 1 aromatic rings. The van der Waals surface area contributed by atoms with E-state index in [1.807, 2.05) is 12.1 Å². The van der Waals surface area contributed by atoms with Crippen LogP contribution in [0.3, 0.4) is 0 Å². The summed E-state index contributed by atoms with van der Waals surface area (Å²) in [5.74, 6) is 0.709. The van der Waals surface area contributed by atoms with Gasteiger partial charge in [-0.25, -0.2) is 0 Å². The molecule has 0 aliphatic heterocycles. The molecule has 0 heterocycles. The van der Waals surface area contributed by atoms with Gasteiger partial charge >= 0.3 is 0 Å². The first kappa shape index (κ1) is 8.31. The van der Waals surface area contributed by atoms with E-state index in [9.17, 15) is 0 Å². The average molecular weight is 171 g/mol. The van der Waals surface area contributed by atoms with Crippen molar-refractivity contribution in [2.24, 2.45) is 5.41 Å². The zero-order valence-electron chi connectivity index (χ0n) is 8.04. The Hall–Kier alpha value is -1.29. The Morgan fingerprint density at radius 2 is 1.85 bits per heavy atom. The van der Waals surface area contributed by atoms with Gasteiger partial charge in [0, 0.05) is 0 Å². The van der Waals surface area contributed by atoms with E-state index in [-0.39, 0.29) is 0 Å². The lowest BCUT2D eigenvalue weighted by Crippen LogP contribution is -1.89. The number of benzene rings is 1. The fraction of sp³-hybridized carbons (Fsp3) is 0.417. The first-order valence-corrected chi connectivity index (χ1v) is 4.63. The third kappa shape index (κ3) is 1.45. The zero-order chi connectivity index (χ0) is 9.47. The predicted molar refractivity (Wildman–Crippen MR) is 52.3 cm³/mol. The fourth-order valence-corrected chi connectivity index (χ4v) is 1.83. The zero-order valence-corrected chi connectivity index (χ0v) is 8.04. The number of nitriles is 1. The molecule has 2 rings (SSSR count). The van der Waals surface area contributed by atoms with Crippen molar-refractivity contribution in [2.45, 2.75) is 26.2 Å². The maximum absolute atomic E-state index is 8.64. The highest BCUT2D eigenvalue weighted by Crippen LogP contribution is 2.58.